The minimum Gasteiger partial charge on any atom is -0.480 e. The quantitative estimate of drug-likeness (QED) is 0.755. The van der Waals surface area contributed by atoms with Crippen molar-refractivity contribution in [2.45, 2.75) is 42.9 Å². The molecule has 25 heavy (non-hydrogen) atoms. The summed E-state index contributed by atoms with van der Waals surface area (Å²) in [5.74, 6) is -0.963. The molecule has 6 nitrogen and oxygen atoms in total. The molecule has 0 bridgehead atoms. The minimum atomic E-state index is -4.62. The predicted octanol–water partition coefficient (Wildman–Crippen LogP) is 1.92. The Hall–Kier alpha value is -1.65. The van der Waals surface area contributed by atoms with Crippen LogP contribution in [-0.2, 0) is 21.0 Å². The van der Waals surface area contributed by atoms with Gasteiger partial charge in [-0.2, -0.15) is 13.2 Å². The second-order valence-electron chi connectivity index (χ2n) is 5.93. The van der Waals surface area contributed by atoms with Gasteiger partial charge in [0.25, 0.3) is 0 Å². The highest BCUT2D eigenvalue weighted by Gasteiger charge is 2.37. The lowest BCUT2D eigenvalue weighted by molar-refractivity contribution is -0.139. The van der Waals surface area contributed by atoms with Crippen molar-refractivity contribution >= 4 is 16.0 Å². The van der Waals surface area contributed by atoms with E-state index in [4.69, 9.17) is 5.11 Å². The monoisotopic (exact) mass is 380 g/mol. The van der Waals surface area contributed by atoms with Gasteiger partial charge in [0, 0.05) is 12.1 Å². The van der Waals surface area contributed by atoms with Gasteiger partial charge in [0.05, 0.1) is 17.0 Å². The average molecular weight is 380 g/mol. The molecule has 1 aromatic rings. The lowest BCUT2D eigenvalue weighted by Gasteiger charge is -2.42. The number of alkyl halides is 3. The van der Waals surface area contributed by atoms with E-state index in [2.05, 4.69) is 4.72 Å². The fourth-order valence-electron chi connectivity index (χ4n) is 2.78. The molecule has 0 radical (unpaired) electrons. The van der Waals surface area contributed by atoms with Crippen molar-refractivity contribution in [2.24, 2.45) is 0 Å². The number of nitrogens with one attached hydrogen (secondary N) is 1. The molecule has 0 atom stereocenters. The number of hydrogen-bond donors (Lipinski definition) is 2. The third-order valence-corrected chi connectivity index (χ3v) is 5.69. The minimum absolute atomic E-state index is 0.0599. The largest absolute Gasteiger partial charge is 0.480 e. The van der Waals surface area contributed by atoms with Crippen LogP contribution < -0.4 is 4.72 Å². The zero-order valence-electron chi connectivity index (χ0n) is 13.5. The van der Waals surface area contributed by atoms with Crippen LogP contribution >= 0.6 is 0 Å². The Labute approximate surface area is 143 Å². The molecule has 0 unspecified atom stereocenters. The molecule has 140 valence electrons. The molecule has 2 rings (SSSR count). The Bertz CT molecular complexity index is 731. The van der Waals surface area contributed by atoms with Crippen molar-refractivity contribution in [1.29, 1.82) is 0 Å². The molecule has 2 N–H and O–H groups in total. The van der Waals surface area contributed by atoms with E-state index in [1.54, 1.807) is 4.90 Å². The van der Waals surface area contributed by atoms with E-state index in [1.165, 1.54) is 0 Å². The molecular formula is C15H19F3N2O4S. The molecule has 1 saturated carbocycles. The number of carboxylic acid groups (broad SMARTS) is 1. The van der Waals surface area contributed by atoms with Crippen molar-refractivity contribution in [3.8, 4) is 0 Å². The summed E-state index contributed by atoms with van der Waals surface area (Å²) >= 11 is 0. The molecule has 1 fully saturated rings. The van der Waals surface area contributed by atoms with E-state index in [0.717, 1.165) is 18.2 Å². The number of carbonyl (C=O) groups is 1. The van der Waals surface area contributed by atoms with Crippen LogP contribution in [0.1, 0.15) is 25.3 Å². The summed E-state index contributed by atoms with van der Waals surface area (Å²) in [6.07, 6.45) is -3.79. The fraction of sp³-hybridized carbons (Fsp3) is 0.533. The summed E-state index contributed by atoms with van der Waals surface area (Å²) < 4.78 is 65.0. The van der Waals surface area contributed by atoms with Crippen LogP contribution in [0.4, 0.5) is 13.2 Å². The van der Waals surface area contributed by atoms with Crippen molar-refractivity contribution < 1.29 is 31.5 Å². The van der Waals surface area contributed by atoms with Gasteiger partial charge in [-0.3, -0.25) is 9.69 Å². The van der Waals surface area contributed by atoms with E-state index < -0.39 is 38.7 Å². The third kappa shape index (κ3) is 4.93. The average Bonchev–Trinajstić information content (AvgIpc) is 2.47. The Kier molecular flexibility index (Phi) is 5.75. The first-order valence-electron chi connectivity index (χ1n) is 7.68. The van der Waals surface area contributed by atoms with Crippen molar-refractivity contribution in [3.05, 3.63) is 29.8 Å². The lowest BCUT2D eigenvalue weighted by Crippen LogP contribution is -2.54. The number of sulfonamides is 1. The first-order chi connectivity index (χ1) is 11.5. The highest BCUT2D eigenvalue weighted by Crippen LogP contribution is 2.31. The van der Waals surface area contributed by atoms with Gasteiger partial charge in [-0.05, 0) is 37.6 Å². The molecule has 1 aliphatic carbocycles. The maximum absolute atomic E-state index is 12.7. The topological polar surface area (TPSA) is 86.7 Å². The van der Waals surface area contributed by atoms with Crippen LogP contribution in [-0.4, -0.2) is 49.6 Å². The Morgan fingerprint density at radius 3 is 2.52 bits per heavy atom. The maximum Gasteiger partial charge on any atom is 0.416 e. The number of rotatable bonds is 7. The maximum atomic E-state index is 12.7. The zero-order chi connectivity index (χ0) is 18.8. The lowest BCUT2D eigenvalue weighted by atomic mass is 9.86. The van der Waals surface area contributed by atoms with Gasteiger partial charge in [-0.1, -0.05) is 13.0 Å². The Balaban J connectivity index is 2.01. The van der Waals surface area contributed by atoms with E-state index in [0.29, 0.717) is 25.5 Å². The van der Waals surface area contributed by atoms with E-state index >= 15 is 0 Å². The number of aliphatic carboxylic acids is 1. The fourth-order valence-corrected chi connectivity index (χ4v) is 4.09. The summed E-state index contributed by atoms with van der Waals surface area (Å²) in [4.78, 5) is 12.1. The van der Waals surface area contributed by atoms with Crippen LogP contribution in [0, 0.1) is 0 Å². The summed E-state index contributed by atoms with van der Waals surface area (Å²) in [5, 5.41) is 8.83. The first kappa shape index (κ1) is 19.7. The number of carboxylic acids is 1. The molecule has 0 heterocycles. The van der Waals surface area contributed by atoms with Crippen LogP contribution in [0.2, 0.25) is 0 Å². The van der Waals surface area contributed by atoms with Crippen LogP contribution in [0.15, 0.2) is 29.2 Å². The molecule has 0 saturated heterocycles. The van der Waals surface area contributed by atoms with Gasteiger partial charge in [0.2, 0.25) is 10.0 Å². The van der Waals surface area contributed by atoms with Gasteiger partial charge in [-0.15, -0.1) is 0 Å². The second-order valence-corrected chi connectivity index (χ2v) is 7.64. The Morgan fingerprint density at radius 1 is 1.36 bits per heavy atom. The molecule has 0 aliphatic heterocycles. The van der Waals surface area contributed by atoms with E-state index in [9.17, 15) is 26.4 Å². The van der Waals surface area contributed by atoms with Crippen molar-refractivity contribution in [3.63, 3.8) is 0 Å². The number of halogens is 3. The highest BCUT2D eigenvalue weighted by molar-refractivity contribution is 7.89. The molecule has 1 aliphatic rings. The van der Waals surface area contributed by atoms with Gasteiger partial charge >= 0.3 is 12.1 Å². The highest BCUT2D eigenvalue weighted by atomic mass is 32.2. The Morgan fingerprint density at radius 2 is 2.00 bits per heavy atom. The molecule has 0 aromatic heterocycles. The molecule has 0 amide bonds. The third-order valence-electron chi connectivity index (χ3n) is 4.17. The van der Waals surface area contributed by atoms with Crippen molar-refractivity contribution in [1.82, 2.24) is 9.62 Å². The molecular weight excluding hydrogens is 361 g/mol. The normalized spacial score (nSPS) is 21.2. The summed E-state index contributed by atoms with van der Waals surface area (Å²) in [6.45, 7) is 2.20. The second kappa shape index (κ2) is 7.30. The summed E-state index contributed by atoms with van der Waals surface area (Å²) in [6, 6.07) is 3.08. The van der Waals surface area contributed by atoms with Crippen molar-refractivity contribution in [2.75, 3.05) is 13.1 Å². The molecule has 0 spiro atoms. The van der Waals surface area contributed by atoms with Crippen LogP contribution in [0.25, 0.3) is 0 Å². The summed E-state index contributed by atoms with van der Waals surface area (Å²) in [7, 11) is -4.07. The molecule has 10 heteroatoms. The SMILES string of the molecule is CCN(CC(=O)O)C1CC(NS(=O)(=O)c2cccc(C(F)(F)F)c2)C1. The standard InChI is InChI=1S/C15H19F3N2O4S/c1-2-20(9-14(21)22)12-7-11(8-12)19-25(23,24)13-5-3-4-10(6-13)15(16,17)18/h3-6,11-12,19H,2,7-9H2,1H3,(H,21,22). The van der Waals surface area contributed by atoms with Gasteiger partial charge in [-0.25, -0.2) is 13.1 Å². The van der Waals surface area contributed by atoms with Crippen LogP contribution in [0.5, 0.6) is 0 Å². The van der Waals surface area contributed by atoms with E-state index in [-0.39, 0.29) is 12.6 Å². The summed E-state index contributed by atoms with van der Waals surface area (Å²) in [5.41, 5.74) is -1.03. The first-order valence-corrected chi connectivity index (χ1v) is 9.16. The smallest absolute Gasteiger partial charge is 0.416 e. The van der Waals surface area contributed by atoms with Gasteiger partial charge < -0.3 is 5.11 Å². The number of hydrogen-bond acceptors (Lipinski definition) is 4. The van der Waals surface area contributed by atoms with E-state index in [1.807, 2.05) is 6.92 Å². The number of nitrogens with zero attached hydrogens (tertiary/aromatic N) is 1. The zero-order valence-corrected chi connectivity index (χ0v) is 14.3. The number of likely N-dealkylation sites (N-methyl/N-ethyl adjacent to an activating group) is 1. The number of benzene rings is 1. The predicted molar refractivity (Wildman–Crippen MR) is 83.5 cm³/mol. The van der Waals surface area contributed by atoms with Gasteiger partial charge in [0.15, 0.2) is 0 Å². The van der Waals surface area contributed by atoms with Gasteiger partial charge in [0.1, 0.15) is 0 Å². The van der Waals surface area contributed by atoms with Crippen LogP contribution in [0.3, 0.4) is 0 Å². The molecule has 1 aromatic carbocycles.